The highest BCUT2D eigenvalue weighted by Crippen LogP contribution is 2.15. The molecule has 0 radical (unpaired) electrons. The summed E-state index contributed by atoms with van der Waals surface area (Å²) in [7, 11) is 0. The van der Waals surface area contributed by atoms with Crippen molar-refractivity contribution in [1.82, 2.24) is 0 Å². The number of rotatable bonds is 3. The summed E-state index contributed by atoms with van der Waals surface area (Å²) in [5.74, 6) is 0.699. The fraction of sp³-hybridized carbons (Fsp3) is 0.455. The van der Waals surface area contributed by atoms with E-state index in [9.17, 15) is 0 Å². The van der Waals surface area contributed by atoms with Gasteiger partial charge in [-0.1, -0.05) is 19.9 Å². The van der Waals surface area contributed by atoms with Crippen molar-refractivity contribution in [3.8, 4) is 0 Å². The third-order valence-electron chi connectivity index (χ3n) is 2.09. The van der Waals surface area contributed by atoms with Gasteiger partial charge in [0.2, 0.25) is 0 Å². The van der Waals surface area contributed by atoms with Crippen LogP contribution in [0.4, 0.5) is 0 Å². The van der Waals surface area contributed by atoms with Gasteiger partial charge in [-0.25, -0.2) is 0 Å². The Morgan fingerprint density at radius 3 is 2.38 bits per heavy atom. The number of hydrogen-bond acceptors (Lipinski definition) is 2. The average Bonchev–Trinajstić information content (AvgIpc) is 2.07. The van der Waals surface area contributed by atoms with Crippen molar-refractivity contribution in [1.29, 1.82) is 10.8 Å². The van der Waals surface area contributed by atoms with E-state index in [2.05, 4.69) is 13.8 Å². The van der Waals surface area contributed by atoms with Crippen molar-refractivity contribution in [2.75, 3.05) is 0 Å². The molecule has 0 aliphatic heterocycles. The normalized spacial score (nSPS) is 16.7. The molecule has 1 aliphatic carbocycles. The lowest BCUT2D eigenvalue weighted by Crippen LogP contribution is -2.10. The maximum absolute atomic E-state index is 7.46. The number of allylic oxidation sites excluding steroid dienone is 4. The summed E-state index contributed by atoms with van der Waals surface area (Å²) in [5, 5.41) is 14.8. The van der Waals surface area contributed by atoms with E-state index in [1.54, 1.807) is 12.2 Å². The van der Waals surface area contributed by atoms with Gasteiger partial charge in [0, 0.05) is 0 Å². The van der Waals surface area contributed by atoms with E-state index in [1.165, 1.54) is 5.57 Å². The molecule has 0 bridgehead atoms. The predicted octanol–water partition coefficient (Wildman–Crippen LogP) is 2.96. The summed E-state index contributed by atoms with van der Waals surface area (Å²) >= 11 is 0. The lowest BCUT2D eigenvalue weighted by molar-refractivity contribution is 0.588. The maximum atomic E-state index is 7.46. The van der Waals surface area contributed by atoms with Gasteiger partial charge in [-0.2, -0.15) is 0 Å². The van der Waals surface area contributed by atoms with Crippen molar-refractivity contribution in [2.24, 2.45) is 5.92 Å². The van der Waals surface area contributed by atoms with Gasteiger partial charge in [0.15, 0.2) is 0 Å². The van der Waals surface area contributed by atoms with Crippen LogP contribution in [-0.4, -0.2) is 11.4 Å². The van der Waals surface area contributed by atoms with Crippen LogP contribution >= 0.6 is 0 Å². The number of hydrogen-bond donors (Lipinski definition) is 2. The second-order valence-corrected chi connectivity index (χ2v) is 3.81. The second-order valence-electron chi connectivity index (χ2n) is 3.81. The molecular weight excluding hydrogens is 160 g/mol. The molecule has 0 saturated heterocycles. The van der Waals surface area contributed by atoms with Crippen LogP contribution < -0.4 is 0 Å². The van der Waals surface area contributed by atoms with Gasteiger partial charge in [0.1, 0.15) is 0 Å². The van der Waals surface area contributed by atoms with Gasteiger partial charge < -0.3 is 0 Å². The predicted molar refractivity (Wildman–Crippen MR) is 56.7 cm³/mol. The first-order valence-corrected chi connectivity index (χ1v) is 4.65. The van der Waals surface area contributed by atoms with Gasteiger partial charge in [-0.15, -0.1) is 0 Å². The molecule has 0 fully saturated rings. The molecule has 1 rings (SSSR count). The first kappa shape index (κ1) is 9.90. The fourth-order valence-electron chi connectivity index (χ4n) is 1.20. The summed E-state index contributed by atoms with van der Waals surface area (Å²) in [6.45, 7) is 4.39. The van der Waals surface area contributed by atoms with Crippen LogP contribution in [0, 0.1) is 16.7 Å². The molecule has 0 spiro atoms. The Hall–Kier alpha value is -1.18. The summed E-state index contributed by atoms with van der Waals surface area (Å²) in [5.41, 5.74) is 1.82. The first-order valence-electron chi connectivity index (χ1n) is 4.65. The van der Waals surface area contributed by atoms with E-state index in [-0.39, 0.29) is 0 Å². The van der Waals surface area contributed by atoms with Gasteiger partial charge in [0.25, 0.3) is 0 Å². The molecule has 0 aromatic carbocycles. The van der Waals surface area contributed by atoms with Crippen LogP contribution in [0.15, 0.2) is 23.8 Å². The Kier molecular flexibility index (Phi) is 3.18. The van der Waals surface area contributed by atoms with Gasteiger partial charge in [-0.3, -0.25) is 10.8 Å². The van der Waals surface area contributed by atoms with Crippen molar-refractivity contribution < 1.29 is 0 Å². The zero-order valence-electron chi connectivity index (χ0n) is 8.22. The Labute approximate surface area is 79.4 Å². The molecule has 1 aliphatic rings. The van der Waals surface area contributed by atoms with Crippen LogP contribution in [0.1, 0.15) is 26.7 Å². The van der Waals surface area contributed by atoms with Crippen LogP contribution in [0.5, 0.6) is 0 Å². The van der Waals surface area contributed by atoms with E-state index < -0.39 is 0 Å². The molecule has 0 atom stereocenters. The van der Waals surface area contributed by atoms with Crippen molar-refractivity contribution in [3.63, 3.8) is 0 Å². The second kappa shape index (κ2) is 4.17. The molecule has 70 valence electrons. The fourth-order valence-corrected chi connectivity index (χ4v) is 1.20. The standard InChI is InChI=1S/C11H16N2/c1-8(2)3-4-9-5-6-10(12)11(13)7-9/h5-8,12-13H,3-4H2,1-2H3. The molecular formula is C11H16N2. The van der Waals surface area contributed by atoms with Crippen LogP contribution in [0.3, 0.4) is 0 Å². The lowest BCUT2D eigenvalue weighted by atomic mass is 9.97. The number of nitrogens with one attached hydrogen (secondary N) is 2. The van der Waals surface area contributed by atoms with Gasteiger partial charge in [-0.05, 0) is 36.5 Å². The molecule has 0 aromatic heterocycles. The molecule has 0 unspecified atom stereocenters. The van der Waals surface area contributed by atoms with Crippen molar-refractivity contribution in [2.45, 2.75) is 26.7 Å². The van der Waals surface area contributed by atoms with Gasteiger partial charge in [0.05, 0.1) is 11.4 Å². The minimum Gasteiger partial charge on any atom is -0.299 e. The molecule has 0 heterocycles. The highest BCUT2D eigenvalue weighted by atomic mass is 14.5. The monoisotopic (exact) mass is 176 g/mol. The van der Waals surface area contributed by atoms with Crippen molar-refractivity contribution >= 4 is 11.4 Å². The lowest BCUT2D eigenvalue weighted by Gasteiger charge is -2.09. The van der Waals surface area contributed by atoms with Crippen LogP contribution in [0.2, 0.25) is 0 Å². The Balaban J connectivity index is 2.53. The summed E-state index contributed by atoms with van der Waals surface area (Å²) in [6.07, 6.45) is 7.62. The topological polar surface area (TPSA) is 47.7 Å². The van der Waals surface area contributed by atoms with E-state index in [0.717, 1.165) is 12.8 Å². The quantitative estimate of drug-likeness (QED) is 0.621. The molecule has 2 N–H and O–H groups in total. The van der Waals surface area contributed by atoms with E-state index in [4.69, 9.17) is 10.8 Å². The van der Waals surface area contributed by atoms with Crippen LogP contribution in [-0.2, 0) is 0 Å². The highest BCUT2D eigenvalue weighted by molar-refractivity contribution is 6.49. The molecule has 0 amide bonds. The van der Waals surface area contributed by atoms with Crippen molar-refractivity contribution in [3.05, 3.63) is 23.8 Å². The third-order valence-corrected chi connectivity index (χ3v) is 2.09. The smallest absolute Gasteiger partial charge is 0.0791 e. The Morgan fingerprint density at radius 2 is 1.85 bits per heavy atom. The SMILES string of the molecule is CC(C)CCC1=CC(=N)C(=N)C=C1. The maximum Gasteiger partial charge on any atom is 0.0791 e. The Morgan fingerprint density at radius 1 is 1.15 bits per heavy atom. The highest BCUT2D eigenvalue weighted by Gasteiger charge is 2.06. The molecule has 0 aromatic rings. The summed E-state index contributed by atoms with van der Waals surface area (Å²) < 4.78 is 0. The minimum atomic E-state index is 0.313. The molecule has 2 nitrogen and oxygen atoms in total. The van der Waals surface area contributed by atoms with E-state index in [0.29, 0.717) is 17.3 Å². The first-order chi connectivity index (χ1) is 6.09. The van der Waals surface area contributed by atoms with E-state index >= 15 is 0 Å². The Bertz CT molecular complexity index is 282. The summed E-state index contributed by atoms with van der Waals surface area (Å²) in [6, 6.07) is 0. The molecule has 13 heavy (non-hydrogen) atoms. The van der Waals surface area contributed by atoms with Crippen LogP contribution in [0.25, 0.3) is 0 Å². The molecule has 2 heteroatoms. The zero-order chi connectivity index (χ0) is 9.84. The van der Waals surface area contributed by atoms with Gasteiger partial charge >= 0.3 is 0 Å². The largest absolute Gasteiger partial charge is 0.299 e. The summed E-state index contributed by atoms with van der Waals surface area (Å²) in [4.78, 5) is 0. The third kappa shape index (κ3) is 2.98. The zero-order valence-corrected chi connectivity index (χ0v) is 8.22. The average molecular weight is 176 g/mol. The van der Waals surface area contributed by atoms with E-state index in [1.807, 2.05) is 6.08 Å². The molecule has 0 saturated carbocycles. The minimum absolute atomic E-state index is 0.313.